The molecule has 1 fully saturated rings. The molecule has 4 aromatic rings. The molecule has 2 N–H and O–H groups in total. The number of likely N-dealkylation sites (tertiary alicyclic amines) is 1. The summed E-state index contributed by atoms with van der Waals surface area (Å²) < 4.78 is 0. The van der Waals surface area contributed by atoms with E-state index in [4.69, 9.17) is 6.42 Å². The largest absolute Gasteiger partial charge is 0.338 e. The van der Waals surface area contributed by atoms with Crippen molar-refractivity contribution in [3.8, 4) is 23.6 Å². The van der Waals surface area contributed by atoms with Crippen molar-refractivity contribution in [2.75, 3.05) is 38.0 Å². The Bertz CT molecular complexity index is 1670. The van der Waals surface area contributed by atoms with Gasteiger partial charge in [-0.3, -0.25) is 24.6 Å². The highest BCUT2D eigenvalue weighted by Gasteiger charge is 2.44. The summed E-state index contributed by atoms with van der Waals surface area (Å²) in [5.74, 6) is 2.67. The number of aromatic nitrogens is 4. The summed E-state index contributed by atoms with van der Waals surface area (Å²) in [5, 5.41) is 14.6. The highest BCUT2D eigenvalue weighted by Crippen LogP contribution is 2.36. The standard InChI is InChI=1S/C31H31N7O2S/c1-3-9-31(10-15-37(20-31)19-27(39)38-13-7-22(8-14-38)29-33-12-16-41-29)30(40)34-24-4-5-26-25(18-24)28(36-35-26)23-6-11-32-21(2)17-23/h1,4-7,11-12,16-18H,8-10,13-15,19-20H2,2H3,(H,34,40)(H,35,36). The third-order valence-electron chi connectivity index (χ3n) is 7.97. The number of hydrogen-bond acceptors (Lipinski definition) is 7. The number of fused-ring (bicyclic) bond motifs is 1. The summed E-state index contributed by atoms with van der Waals surface area (Å²) >= 11 is 1.62. The molecular formula is C31H31N7O2S. The number of anilines is 1. The summed E-state index contributed by atoms with van der Waals surface area (Å²) in [4.78, 5) is 39.4. The number of rotatable bonds is 7. The molecule has 1 unspecified atom stereocenters. The lowest BCUT2D eigenvalue weighted by Crippen LogP contribution is -2.43. The molecule has 0 bridgehead atoms. The Kier molecular flexibility index (Phi) is 7.39. The number of nitrogens with zero attached hydrogens (tertiary/aromatic N) is 5. The van der Waals surface area contributed by atoms with Gasteiger partial charge in [0.2, 0.25) is 11.8 Å². The van der Waals surface area contributed by atoms with Crippen molar-refractivity contribution < 1.29 is 9.59 Å². The first-order valence-corrected chi connectivity index (χ1v) is 14.6. The average molecular weight is 566 g/mol. The van der Waals surface area contributed by atoms with Crippen molar-refractivity contribution in [3.05, 3.63) is 64.9 Å². The molecule has 41 heavy (non-hydrogen) atoms. The Morgan fingerprint density at radius 1 is 1.20 bits per heavy atom. The van der Waals surface area contributed by atoms with Gasteiger partial charge in [0.15, 0.2) is 0 Å². The number of amides is 2. The number of pyridine rings is 1. The quantitative estimate of drug-likeness (QED) is 0.323. The first-order chi connectivity index (χ1) is 19.9. The minimum Gasteiger partial charge on any atom is -0.338 e. The number of aromatic amines is 1. The van der Waals surface area contributed by atoms with E-state index < -0.39 is 5.41 Å². The molecule has 9 nitrogen and oxygen atoms in total. The van der Waals surface area contributed by atoms with Crippen LogP contribution in [0.3, 0.4) is 0 Å². The monoisotopic (exact) mass is 565 g/mol. The zero-order chi connectivity index (χ0) is 28.4. The maximum absolute atomic E-state index is 13.7. The zero-order valence-corrected chi connectivity index (χ0v) is 23.7. The Morgan fingerprint density at radius 2 is 2.10 bits per heavy atom. The normalized spacial score (nSPS) is 19.2. The van der Waals surface area contributed by atoms with Crippen LogP contribution in [-0.2, 0) is 9.59 Å². The minimum absolute atomic E-state index is 0.0700. The summed E-state index contributed by atoms with van der Waals surface area (Å²) in [7, 11) is 0. The molecule has 1 saturated heterocycles. The van der Waals surface area contributed by atoms with Gasteiger partial charge in [-0.2, -0.15) is 5.10 Å². The zero-order valence-electron chi connectivity index (χ0n) is 22.9. The van der Waals surface area contributed by atoms with E-state index in [1.165, 1.54) is 5.57 Å². The Morgan fingerprint density at radius 3 is 2.85 bits per heavy atom. The summed E-state index contributed by atoms with van der Waals surface area (Å²) in [6.45, 7) is 4.55. The smallest absolute Gasteiger partial charge is 0.237 e. The number of carbonyl (C=O) groups excluding carboxylic acids is 2. The number of carbonyl (C=O) groups is 2. The van der Waals surface area contributed by atoms with Crippen LogP contribution >= 0.6 is 11.3 Å². The molecule has 3 aromatic heterocycles. The molecule has 2 amide bonds. The van der Waals surface area contributed by atoms with E-state index in [0.717, 1.165) is 39.3 Å². The van der Waals surface area contributed by atoms with E-state index in [2.05, 4.69) is 42.4 Å². The van der Waals surface area contributed by atoms with E-state index in [-0.39, 0.29) is 18.4 Å². The fraction of sp³-hybridized carbons (Fsp3) is 0.323. The van der Waals surface area contributed by atoms with Crippen LogP contribution in [0.2, 0.25) is 0 Å². The van der Waals surface area contributed by atoms with Gasteiger partial charge in [-0.1, -0.05) is 6.08 Å². The molecule has 0 spiro atoms. The highest BCUT2D eigenvalue weighted by atomic mass is 32.1. The molecule has 1 aromatic carbocycles. The maximum atomic E-state index is 13.7. The molecule has 0 radical (unpaired) electrons. The number of hydrogen-bond donors (Lipinski definition) is 2. The number of nitrogens with one attached hydrogen (secondary N) is 2. The van der Waals surface area contributed by atoms with Crippen molar-refractivity contribution in [3.63, 3.8) is 0 Å². The molecule has 6 rings (SSSR count). The number of benzene rings is 1. The van der Waals surface area contributed by atoms with Gasteiger partial charge in [0, 0.05) is 66.2 Å². The van der Waals surface area contributed by atoms with Crippen molar-refractivity contribution in [1.29, 1.82) is 0 Å². The summed E-state index contributed by atoms with van der Waals surface area (Å²) in [6.07, 6.45) is 13.1. The van der Waals surface area contributed by atoms with E-state index >= 15 is 0 Å². The number of H-pyrrole nitrogens is 1. The molecular weight excluding hydrogens is 534 g/mol. The molecule has 10 heteroatoms. The molecule has 2 aliphatic rings. The van der Waals surface area contributed by atoms with Crippen LogP contribution in [-0.4, -0.2) is 74.5 Å². The van der Waals surface area contributed by atoms with E-state index in [1.54, 1.807) is 23.7 Å². The van der Waals surface area contributed by atoms with Gasteiger partial charge in [0.25, 0.3) is 0 Å². The lowest BCUT2D eigenvalue weighted by Gasteiger charge is -2.29. The second kappa shape index (κ2) is 11.3. The van der Waals surface area contributed by atoms with Crippen LogP contribution in [0.1, 0.15) is 30.0 Å². The van der Waals surface area contributed by atoms with Crippen LogP contribution in [0.4, 0.5) is 5.69 Å². The van der Waals surface area contributed by atoms with Gasteiger partial charge in [-0.25, -0.2) is 4.98 Å². The van der Waals surface area contributed by atoms with Gasteiger partial charge >= 0.3 is 0 Å². The fourth-order valence-corrected chi connectivity index (χ4v) is 6.44. The van der Waals surface area contributed by atoms with Gasteiger partial charge in [0.1, 0.15) is 10.7 Å². The number of thiazole rings is 1. The number of aryl methyl sites for hydroxylation is 1. The van der Waals surface area contributed by atoms with Crippen LogP contribution in [0, 0.1) is 24.7 Å². The van der Waals surface area contributed by atoms with Crippen LogP contribution in [0.5, 0.6) is 0 Å². The second-order valence-corrected chi connectivity index (χ2v) is 11.6. The predicted molar refractivity (Wildman–Crippen MR) is 161 cm³/mol. The lowest BCUT2D eigenvalue weighted by atomic mass is 9.82. The van der Waals surface area contributed by atoms with Crippen molar-refractivity contribution in [1.82, 2.24) is 30.0 Å². The van der Waals surface area contributed by atoms with Gasteiger partial charge in [0.05, 0.1) is 17.5 Å². The fourth-order valence-electron chi connectivity index (χ4n) is 5.73. The molecule has 208 valence electrons. The minimum atomic E-state index is -0.759. The van der Waals surface area contributed by atoms with Gasteiger partial charge < -0.3 is 10.2 Å². The Hall–Kier alpha value is -4.33. The Balaban J connectivity index is 1.13. The topological polar surface area (TPSA) is 107 Å². The lowest BCUT2D eigenvalue weighted by molar-refractivity contribution is -0.132. The van der Waals surface area contributed by atoms with Crippen LogP contribution < -0.4 is 5.32 Å². The first kappa shape index (κ1) is 26.9. The number of terminal acetylenes is 1. The van der Waals surface area contributed by atoms with Crippen LogP contribution in [0.15, 0.2) is 54.2 Å². The van der Waals surface area contributed by atoms with E-state index in [1.807, 2.05) is 47.5 Å². The maximum Gasteiger partial charge on any atom is 0.237 e. The third-order valence-corrected chi connectivity index (χ3v) is 8.82. The van der Waals surface area contributed by atoms with Crippen LogP contribution in [0.25, 0.3) is 27.7 Å². The second-order valence-electron chi connectivity index (χ2n) is 10.8. The molecule has 1 atom stereocenters. The van der Waals surface area contributed by atoms with E-state index in [9.17, 15) is 9.59 Å². The van der Waals surface area contributed by atoms with Gasteiger partial charge in [-0.15, -0.1) is 23.7 Å². The first-order valence-electron chi connectivity index (χ1n) is 13.7. The summed E-state index contributed by atoms with van der Waals surface area (Å²) in [6, 6.07) is 9.62. The predicted octanol–water partition coefficient (Wildman–Crippen LogP) is 4.36. The molecule has 0 saturated carbocycles. The van der Waals surface area contributed by atoms with Crippen molar-refractivity contribution in [2.45, 2.75) is 26.2 Å². The van der Waals surface area contributed by atoms with Crippen molar-refractivity contribution >= 4 is 45.3 Å². The molecule has 5 heterocycles. The van der Waals surface area contributed by atoms with Crippen molar-refractivity contribution in [2.24, 2.45) is 5.41 Å². The third kappa shape index (κ3) is 5.51. The SMILES string of the molecule is C#CCC1(C(=O)Nc2ccc3[nH]nc(-c4ccnc(C)c4)c3c2)CCN(CC(=O)N2CC=C(c3nccs3)CC2)C1. The van der Waals surface area contributed by atoms with Gasteiger partial charge in [-0.05, 0) is 62.2 Å². The Labute approximate surface area is 242 Å². The average Bonchev–Trinajstić information content (AvgIpc) is 3.74. The highest BCUT2D eigenvalue weighted by molar-refractivity contribution is 7.10. The molecule has 2 aliphatic heterocycles. The van der Waals surface area contributed by atoms with E-state index in [0.29, 0.717) is 44.7 Å². The molecule has 0 aliphatic carbocycles. The summed E-state index contributed by atoms with van der Waals surface area (Å²) in [5.41, 5.74) is 4.66.